The van der Waals surface area contributed by atoms with E-state index in [1.54, 1.807) is 24.3 Å². The first-order valence-corrected chi connectivity index (χ1v) is 10.6. The average molecular weight is 389 g/mol. The van der Waals surface area contributed by atoms with E-state index in [9.17, 15) is 13.2 Å². The van der Waals surface area contributed by atoms with Crippen LogP contribution in [-0.4, -0.2) is 46.9 Å². The van der Waals surface area contributed by atoms with Crippen LogP contribution in [0.25, 0.3) is 0 Å². The van der Waals surface area contributed by atoms with Crippen LogP contribution in [0.5, 0.6) is 0 Å². The highest BCUT2D eigenvalue weighted by Crippen LogP contribution is 2.17. The Morgan fingerprint density at radius 1 is 1.04 bits per heavy atom. The third kappa shape index (κ3) is 5.70. The number of ether oxygens (including phenoxy) is 1. The number of carbonyl (C=O) groups is 1. The summed E-state index contributed by atoms with van der Waals surface area (Å²) in [6.07, 6.45) is 1.08. The normalized spacial score (nSPS) is 14.6. The molecule has 0 aliphatic carbocycles. The van der Waals surface area contributed by atoms with Crippen LogP contribution >= 0.6 is 0 Å². The predicted molar refractivity (Wildman–Crippen MR) is 106 cm³/mol. The van der Waals surface area contributed by atoms with Crippen LogP contribution < -0.4 is 14.9 Å². The first-order valence-electron chi connectivity index (χ1n) is 8.68. The van der Waals surface area contributed by atoms with Crippen LogP contribution in [0.15, 0.2) is 48.5 Å². The smallest absolute Gasteiger partial charge is 0.251 e. The quantitative estimate of drug-likeness (QED) is 0.787. The molecule has 1 fully saturated rings. The Morgan fingerprint density at radius 2 is 1.67 bits per heavy atom. The Morgan fingerprint density at radius 3 is 2.26 bits per heavy atom. The van der Waals surface area contributed by atoms with Gasteiger partial charge in [0.05, 0.1) is 19.5 Å². The molecule has 0 atom stereocenters. The van der Waals surface area contributed by atoms with Crippen LogP contribution in [0.2, 0.25) is 0 Å². The molecule has 1 saturated heterocycles. The monoisotopic (exact) mass is 389 g/mol. The number of rotatable bonds is 6. The lowest BCUT2D eigenvalue weighted by molar-refractivity contribution is 0.0951. The zero-order chi connectivity index (χ0) is 19.3. The molecule has 7 nitrogen and oxygen atoms in total. The number of hydrogen-bond acceptors (Lipinski definition) is 5. The first-order chi connectivity index (χ1) is 12.9. The molecule has 0 bridgehead atoms. The molecule has 1 amide bonds. The number of amides is 1. The van der Waals surface area contributed by atoms with Crippen molar-refractivity contribution >= 4 is 27.3 Å². The summed E-state index contributed by atoms with van der Waals surface area (Å²) in [5, 5.41) is 2.87. The summed E-state index contributed by atoms with van der Waals surface area (Å²) in [4.78, 5) is 14.5. The fourth-order valence-electron chi connectivity index (χ4n) is 2.83. The van der Waals surface area contributed by atoms with Gasteiger partial charge in [0.1, 0.15) is 0 Å². The van der Waals surface area contributed by atoms with Gasteiger partial charge in [0.15, 0.2) is 0 Å². The van der Waals surface area contributed by atoms with E-state index in [4.69, 9.17) is 4.74 Å². The van der Waals surface area contributed by atoms with Crippen molar-refractivity contribution in [3.8, 4) is 0 Å². The van der Waals surface area contributed by atoms with Gasteiger partial charge < -0.3 is 15.0 Å². The van der Waals surface area contributed by atoms with Crippen molar-refractivity contribution in [2.45, 2.75) is 6.54 Å². The van der Waals surface area contributed by atoms with Gasteiger partial charge in [-0.25, -0.2) is 8.42 Å². The average Bonchev–Trinajstić information content (AvgIpc) is 2.66. The molecule has 0 unspecified atom stereocenters. The van der Waals surface area contributed by atoms with Crippen LogP contribution in [0.4, 0.5) is 11.4 Å². The Hall–Kier alpha value is -2.58. The molecule has 0 spiro atoms. The van der Waals surface area contributed by atoms with E-state index in [-0.39, 0.29) is 5.91 Å². The van der Waals surface area contributed by atoms with Gasteiger partial charge in [0.25, 0.3) is 5.91 Å². The summed E-state index contributed by atoms with van der Waals surface area (Å²) in [5.74, 6) is -0.210. The molecule has 2 N–H and O–H groups in total. The van der Waals surface area contributed by atoms with Crippen molar-refractivity contribution in [3.05, 3.63) is 59.7 Å². The van der Waals surface area contributed by atoms with Gasteiger partial charge in [0.2, 0.25) is 10.0 Å². The lowest BCUT2D eigenvalue weighted by Crippen LogP contribution is -2.36. The van der Waals surface area contributed by atoms with Crippen molar-refractivity contribution in [3.63, 3.8) is 0 Å². The van der Waals surface area contributed by atoms with Crippen molar-refractivity contribution in [1.29, 1.82) is 0 Å². The second-order valence-corrected chi connectivity index (χ2v) is 8.15. The second-order valence-electron chi connectivity index (χ2n) is 6.40. The first kappa shape index (κ1) is 19.2. The van der Waals surface area contributed by atoms with Crippen molar-refractivity contribution in [2.24, 2.45) is 0 Å². The van der Waals surface area contributed by atoms with Crippen molar-refractivity contribution in [2.75, 3.05) is 42.2 Å². The molecule has 1 aliphatic rings. The van der Waals surface area contributed by atoms with E-state index < -0.39 is 10.0 Å². The minimum absolute atomic E-state index is 0.210. The van der Waals surface area contributed by atoms with Crippen molar-refractivity contribution < 1.29 is 17.9 Å². The van der Waals surface area contributed by atoms with Crippen LogP contribution in [0, 0.1) is 0 Å². The number of carbonyl (C=O) groups excluding carboxylic acids is 1. The number of morpholine rings is 1. The molecule has 0 radical (unpaired) electrons. The summed E-state index contributed by atoms with van der Waals surface area (Å²) in [6.45, 7) is 3.69. The molecule has 0 saturated carbocycles. The molecular weight excluding hydrogens is 366 g/mol. The van der Waals surface area contributed by atoms with Crippen LogP contribution in [0.1, 0.15) is 15.9 Å². The Labute approximate surface area is 159 Å². The standard InChI is InChI=1S/C19H23N3O4S/c1-27(24,25)21-17-6-4-16(5-7-17)19(23)20-14-15-2-8-18(9-3-15)22-10-12-26-13-11-22/h2-9,21H,10-14H2,1H3,(H,20,23). The molecule has 8 heteroatoms. The number of nitrogens with zero attached hydrogens (tertiary/aromatic N) is 1. The summed E-state index contributed by atoms with van der Waals surface area (Å²) >= 11 is 0. The summed E-state index contributed by atoms with van der Waals surface area (Å²) in [5.41, 5.74) is 3.06. The van der Waals surface area contributed by atoms with Gasteiger partial charge in [-0.2, -0.15) is 0 Å². The maximum Gasteiger partial charge on any atom is 0.251 e. The number of benzene rings is 2. The number of nitrogens with one attached hydrogen (secondary N) is 2. The number of sulfonamides is 1. The molecule has 1 heterocycles. The summed E-state index contributed by atoms with van der Waals surface area (Å²) in [6, 6.07) is 14.4. The van der Waals surface area contributed by atoms with Crippen LogP contribution in [-0.2, 0) is 21.3 Å². The lowest BCUT2D eigenvalue weighted by Gasteiger charge is -2.28. The largest absolute Gasteiger partial charge is 0.378 e. The van der Waals surface area contributed by atoms with Gasteiger partial charge in [-0.05, 0) is 42.0 Å². The molecule has 2 aromatic carbocycles. The molecular formula is C19H23N3O4S. The highest BCUT2D eigenvalue weighted by molar-refractivity contribution is 7.92. The van der Waals surface area contributed by atoms with Gasteiger partial charge in [-0.1, -0.05) is 12.1 Å². The predicted octanol–water partition coefficient (Wildman–Crippen LogP) is 1.82. The molecule has 27 heavy (non-hydrogen) atoms. The number of anilines is 2. The molecule has 144 valence electrons. The Balaban J connectivity index is 1.54. The Kier molecular flexibility index (Phi) is 5.98. The third-order valence-corrected chi connectivity index (χ3v) is 4.82. The van der Waals surface area contributed by atoms with E-state index in [0.29, 0.717) is 17.8 Å². The van der Waals surface area contributed by atoms with Gasteiger partial charge in [-0.15, -0.1) is 0 Å². The second kappa shape index (κ2) is 8.41. The zero-order valence-electron chi connectivity index (χ0n) is 15.1. The van der Waals surface area contributed by atoms with Crippen molar-refractivity contribution in [1.82, 2.24) is 5.32 Å². The molecule has 0 aromatic heterocycles. The SMILES string of the molecule is CS(=O)(=O)Nc1ccc(C(=O)NCc2ccc(N3CCOCC3)cc2)cc1. The Bertz CT molecular complexity index is 874. The summed E-state index contributed by atoms with van der Waals surface area (Å²) < 4.78 is 30.1. The maximum atomic E-state index is 12.3. The van der Waals surface area contributed by atoms with Crippen LogP contribution in [0.3, 0.4) is 0 Å². The molecule has 1 aliphatic heterocycles. The maximum absolute atomic E-state index is 12.3. The fourth-order valence-corrected chi connectivity index (χ4v) is 3.40. The van der Waals surface area contributed by atoms with E-state index in [0.717, 1.165) is 43.8 Å². The highest BCUT2D eigenvalue weighted by atomic mass is 32.2. The molecule has 3 rings (SSSR count). The van der Waals surface area contributed by atoms with E-state index in [2.05, 4.69) is 27.1 Å². The van der Waals surface area contributed by atoms with Gasteiger partial charge in [0, 0.05) is 36.6 Å². The third-order valence-electron chi connectivity index (χ3n) is 4.22. The van der Waals surface area contributed by atoms with Gasteiger partial charge >= 0.3 is 0 Å². The number of hydrogen-bond donors (Lipinski definition) is 2. The zero-order valence-corrected chi connectivity index (χ0v) is 16.0. The topological polar surface area (TPSA) is 87.7 Å². The minimum Gasteiger partial charge on any atom is -0.378 e. The molecule has 2 aromatic rings. The van der Waals surface area contributed by atoms with Gasteiger partial charge in [-0.3, -0.25) is 9.52 Å². The fraction of sp³-hybridized carbons (Fsp3) is 0.316. The van der Waals surface area contributed by atoms with E-state index in [1.807, 2.05) is 12.1 Å². The highest BCUT2D eigenvalue weighted by Gasteiger charge is 2.11. The van der Waals surface area contributed by atoms with E-state index in [1.165, 1.54) is 0 Å². The van der Waals surface area contributed by atoms with E-state index >= 15 is 0 Å². The summed E-state index contributed by atoms with van der Waals surface area (Å²) in [7, 11) is -3.33. The lowest BCUT2D eigenvalue weighted by atomic mass is 10.1. The minimum atomic E-state index is -3.33.